The summed E-state index contributed by atoms with van der Waals surface area (Å²) in [5.41, 5.74) is 0. The molecule has 6 amide bonds. The number of amides is 6. The number of aliphatic carboxylic acids is 1. The maximum atomic E-state index is 12.3. The van der Waals surface area contributed by atoms with Gasteiger partial charge in [0.15, 0.2) is 0 Å². The van der Waals surface area contributed by atoms with Crippen LogP contribution in [-0.2, 0) is 14.4 Å². The number of unbranched alkanes of at least 4 members (excludes halogenated alkanes) is 1. The summed E-state index contributed by atoms with van der Waals surface area (Å²) in [5.74, 6) is -1.61. The second-order valence-electron chi connectivity index (χ2n) is 7.78. The summed E-state index contributed by atoms with van der Waals surface area (Å²) in [6, 6.07) is -2.18. The van der Waals surface area contributed by atoms with E-state index >= 15 is 0 Å². The monoisotopic (exact) mass is 424 g/mol. The molecule has 2 aliphatic heterocycles. The highest BCUT2D eigenvalue weighted by Gasteiger charge is 2.27. The van der Waals surface area contributed by atoms with Crippen molar-refractivity contribution in [2.75, 3.05) is 19.6 Å². The second-order valence-corrected chi connectivity index (χ2v) is 7.78. The van der Waals surface area contributed by atoms with Crippen LogP contribution in [0.2, 0.25) is 0 Å². The molecule has 2 fully saturated rings. The summed E-state index contributed by atoms with van der Waals surface area (Å²) >= 11 is 0. The number of carboxylic acids is 1. The van der Waals surface area contributed by atoms with Crippen LogP contribution in [0, 0.1) is 0 Å². The van der Waals surface area contributed by atoms with Crippen LogP contribution < -0.4 is 10.6 Å². The number of likely N-dealkylation sites (tertiary alicyclic amines) is 2. The fourth-order valence-electron chi connectivity index (χ4n) is 3.64. The van der Waals surface area contributed by atoms with Gasteiger partial charge in [0.25, 0.3) is 0 Å². The summed E-state index contributed by atoms with van der Waals surface area (Å²) in [5, 5.41) is 14.5. The molecule has 30 heavy (non-hydrogen) atoms. The maximum absolute atomic E-state index is 12.3. The molecule has 2 heterocycles. The van der Waals surface area contributed by atoms with Crippen molar-refractivity contribution in [3.05, 3.63) is 0 Å². The van der Waals surface area contributed by atoms with Crippen LogP contribution >= 0.6 is 0 Å². The number of imide groups is 2. The van der Waals surface area contributed by atoms with Gasteiger partial charge in [-0.15, -0.1) is 0 Å². The van der Waals surface area contributed by atoms with E-state index in [1.165, 1.54) is 4.90 Å². The molecular formula is C20H32N4O6. The Morgan fingerprint density at radius 2 is 1.40 bits per heavy atom. The topological polar surface area (TPSA) is 136 Å². The average Bonchev–Trinajstić information content (AvgIpc) is 3.06. The second kappa shape index (κ2) is 12.1. The smallest absolute Gasteiger partial charge is 0.326 e. The number of nitrogens with one attached hydrogen (secondary N) is 2. The zero-order valence-corrected chi connectivity index (χ0v) is 17.4. The molecular weight excluding hydrogens is 392 g/mol. The Hall–Kier alpha value is -2.65. The number of carboxylic acid groups (broad SMARTS) is 1. The number of hydrogen-bond acceptors (Lipinski definition) is 5. The molecule has 0 saturated carbocycles. The molecule has 10 nitrogen and oxygen atoms in total. The third kappa shape index (κ3) is 7.31. The molecule has 0 bridgehead atoms. The summed E-state index contributed by atoms with van der Waals surface area (Å²) in [4.78, 5) is 62.2. The summed E-state index contributed by atoms with van der Waals surface area (Å²) in [7, 11) is 0. The van der Waals surface area contributed by atoms with Crippen molar-refractivity contribution in [3.8, 4) is 0 Å². The SMILES string of the molecule is O=C(O)[C@H](CCCCNC(=O)N1CCCCCC1=O)NC(=O)N1CCCCCC1=O. The summed E-state index contributed by atoms with van der Waals surface area (Å²) in [6.07, 6.45) is 6.68. The zero-order valence-electron chi connectivity index (χ0n) is 17.4. The van der Waals surface area contributed by atoms with Gasteiger partial charge in [-0.1, -0.05) is 12.8 Å². The van der Waals surface area contributed by atoms with Crippen LogP contribution in [0.15, 0.2) is 0 Å². The summed E-state index contributed by atoms with van der Waals surface area (Å²) in [6.45, 7) is 1.04. The maximum Gasteiger partial charge on any atom is 0.326 e. The highest BCUT2D eigenvalue weighted by atomic mass is 16.4. The molecule has 2 saturated heterocycles. The average molecular weight is 424 g/mol. The molecule has 0 radical (unpaired) electrons. The number of carbonyl (C=O) groups is 5. The Morgan fingerprint density at radius 3 is 1.97 bits per heavy atom. The lowest BCUT2D eigenvalue weighted by Crippen LogP contribution is -2.50. The third-order valence-electron chi connectivity index (χ3n) is 5.43. The Labute approximate surface area is 176 Å². The van der Waals surface area contributed by atoms with E-state index in [-0.39, 0.29) is 18.2 Å². The van der Waals surface area contributed by atoms with Crippen molar-refractivity contribution in [2.45, 2.75) is 76.7 Å². The van der Waals surface area contributed by atoms with Gasteiger partial charge in [0.2, 0.25) is 11.8 Å². The van der Waals surface area contributed by atoms with Gasteiger partial charge in [-0.2, -0.15) is 0 Å². The standard InChI is InChI=1S/C20H32N4O6/c25-16-10-3-1-7-13-23(16)19(29)21-12-6-5-9-15(18(27)28)22-20(30)24-14-8-2-4-11-17(24)26/h15H,1-14H2,(H,21,29)(H,22,30)(H,27,28)/t15-/m0/s1. The van der Waals surface area contributed by atoms with E-state index in [0.717, 1.165) is 43.4 Å². The largest absolute Gasteiger partial charge is 0.480 e. The van der Waals surface area contributed by atoms with Crippen LogP contribution in [0.3, 0.4) is 0 Å². The van der Waals surface area contributed by atoms with Gasteiger partial charge in [0.05, 0.1) is 0 Å². The predicted octanol–water partition coefficient (Wildman–Crippen LogP) is 1.83. The van der Waals surface area contributed by atoms with E-state index in [1.54, 1.807) is 0 Å². The molecule has 1 atom stereocenters. The van der Waals surface area contributed by atoms with E-state index < -0.39 is 24.1 Å². The number of rotatable bonds is 7. The van der Waals surface area contributed by atoms with Crippen molar-refractivity contribution in [1.82, 2.24) is 20.4 Å². The van der Waals surface area contributed by atoms with Crippen molar-refractivity contribution in [2.24, 2.45) is 0 Å². The molecule has 0 aliphatic carbocycles. The molecule has 3 N–H and O–H groups in total. The molecule has 168 valence electrons. The molecule has 10 heteroatoms. The first-order valence-electron chi connectivity index (χ1n) is 10.8. The molecule has 2 aliphatic rings. The molecule has 2 rings (SSSR count). The molecule has 0 spiro atoms. The fourth-order valence-corrected chi connectivity index (χ4v) is 3.64. The van der Waals surface area contributed by atoms with Crippen LogP contribution in [0.25, 0.3) is 0 Å². The highest BCUT2D eigenvalue weighted by molar-refractivity contribution is 5.96. The molecule has 0 aromatic carbocycles. The summed E-state index contributed by atoms with van der Waals surface area (Å²) < 4.78 is 0. The lowest BCUT2D eigenvalue weighted by atomic mass is 10.1. The third-order valence-corrected chi connectivity index (χ3v) is 5.43. The zero-order chi connectivity index (χ0) is 21.9. The Kier molecular flexibility index (Phi) is 9.56. The lowest BCUT2D eigenvalue weighted by molar-refractivity contribution is -0.139. The number of carbonyl (C=O) groups excluding carboxylic acids is 4. The molecule has 0 aromatic rings. The number of urea groups is 2. The van der Waals surface area contributed by atoms with Crippen molar-refractivity contribution in [1.29, 1.82) is 0 Å². The number of nitrogens with zero attached hydrogens (tertiary/aromatic N) is 2. The van der Waals surface area contributed by atoms with Gasteiger partial charge >= 0.3 is 18.0 Å². The van der Waals surface area contributed by atoms with Crippen LogP contribution in [0.4, 0.5) is 9.59 Å². The normalized spacial score (nSPS) is 18.9. The Balaban J connectivity index is 1.72. The van der Waals surface area contributed by atoms with Gasteiger partial charge in [0, 0.05) is 32.5 Å². The van der Waals surface area contributed by atoms with Crippen molar-refractivity contribution >= 4 is 29.8 Å². The molecule has 0 unspecified atom stereocenters. The van der Waals surface area contributed by atoms with Gasteiger partial charge in [-0.05, 0) is 44.9 Å². The quantitative estimate of drug-likeness (QED) is 0.534. The first kappa shape index (κ1) is 23.6. The first-order valence-corrected chi connectivity index (χ1v) is 10.8. The molecule has 0 aromatic heterocycles. The van der Waals surface area contributed by atoms with Gasteiger partial charge < -0.3 is 15.7 Å². The van der Waals surface area contributed by atoms with Crippen LogP contribution in [-0.4, -0.2) is 70.4 Å². The fraction of sp³-hybridized carbons (Fsp3) is 0.750. The van der Waals surface area contributed by atoms with E-state index in [4.69, 9.17) is 0 Å². The van der Waals surface area contributed by atoms with E-state index in [1.807, 2.05) is 0 Å². The minimum atomic E-state index is -1.16. The minimum absolute atomic E-state index is 0.165. The van der Waals surface area contributed by atoms with Gasteiger partial charge in [0.1, 0.15) is 6.04 Å². The van der Waals surface area contributed by atoms with Gasteiger partial charge in [-0.25, -0.2) is 14.4 Å². The van der Waals surface area contributed by atoms with Crippen molar-refractivity contribution in [3.63, 3.8) is 0 Å². The highest BCUT2D eigenvalue weighted by Crippen LogP contribution is 2.13. The number of hydrogen-bond donors (Lipinski definition) is 3. The Bertz CT molecular complexity index is 653. The van der Waals surface area contributed by atoms with Crippen LogP contribution in [0.5, 0.6) is 0 Å². The van der Waals surface area contributed by atoms with Gasteiger partial charge in [-0.3, -0.25) is 19.4 Å². The van der Waals surface area contributed by atoms with E-state index in [0.29, 0.717) is 45.3 Å². The van der Waals surface area contributed by atoms with Crippen molar-refractivity contribution < 1.29 is 29.1 Å². The minimum Gasteiger partial charge on any atom is -0.480 e. The Morgan fingerprint density at radius 1 is 0.833 bits per heavy atom. The lowest BCUT2D eigenvalue weighted by Gasteiger charge is -2.22. The van der Waals surface area contributed by atoms with Crippen LogP contribution in [0.1, 0.15) is 70.6 Å². The predicted molar refractivity (Wildman–Crippen MR) is 108 cm³/mol. The van der Waals surface area contributed by atoms with E-state index in [9.17, 15) is 29.1 Å². The van der Waals surface area contributed by atoms with E-state index in [2.05, 4.69) is 10.6 Å². The first-order chi connectivity index (χ1) is 14.4.